The fraction of sp³-hybridized carbons (Fsp3) is 0.667. The lowest BCUT2D eigenvalue weighted by molar-refractivity contribution is -0.183. The van der Waals surface area contributed by atoms with Gasteiger partial charge in [-0.2, -0.15) is 13.2 Å². The van der Waals surface area contributed by atoms with Crippen LogP contribution >= 0.6 is 0 Å². The van der Waals surface area contributed by atoms with Gasteiger partial charge >= 0.3 is 12.1 Å². The van der Waals surface area contributed by atoms with E-state index in [1.54, 1.807) is 13.8 Å². The molecular formula is C12H15F3N2O2. The number of hydrogen-bond acceptors (Lipinski definition) is 3. The number of hydrogen-bond donors (Lipinski definition) is 0. The molecule has 0 aliphatic carbocycles. The Bertz CT molecular complexity index is 482. The zero-order valence-electron chi connectivity index (χ0n) is 10.7. The van der Waals surface area contributed by atoms with Gasteiger partial charge in [0.2, 0.25) is 0 Å². The predicted molar refractivity (Wildman–Crippen MR) is 60.8 cm³/mol. The summed E-state index contributed by atoms with van der Waals surface area (Å²) in [7, 11) is 0. The second kappa shape index (κ2) is 4.86. The summed E-state index contributed by atoms with van der Waals surface area (Å²) in [6, 6.07) is 0. The van der Waals surface area contributed by atoms with Crippen LogP contribution in [0.2, 0.25) is 0 Å². The van der Waals surface area contributed by atoms with Crippen LogP contribution < -0.4 is 0 Å². The molecule has 0 radical (unpaired) electrons. The summed E-state index contributed by atoms with van der Waals surface area (Å²) in [4.78, 5) is 15.6. The highest BCUT2D eigenvalue weighted by molar-refractivity contribution is 5.87. The molecule has 0 spiro atoms. The summed E-state index contributed by atoms with van der Waals surface area (Å²) in [6.45, 7) is 3.37. The molecule has 0 fully saturated rings. The van der Waals surface area contributed by atoms with Crippen molar-refractivity contribution in [3.05, 3.63) is 17.7 Å². The molecule has 106 valence electrons. The first-order chi connectivity index (χ1) is 8.82. The van der Waals surface area contributed by atoms with E-state index in [1.165, 1.54) is 10.8 Å². The van der Waals surface area contributed by atoms with Crippen LogP contribution in [0.25, 0.3) is 0 Å². The van der Waals surface area contributed by atoms with Crippen molar-refractivity contribution in [1.82, 2.24) is 9.55 Å². The van der Waals surface area contributed by atoms with E-state index in [2.05, 4.69) is 4.98 Å². The Morgan fingerprint density at radius 1 is 1.58 bits per heavy atom. The third-order valence-electron chi connectivity index (χ3n) is 3.25. The van der Waals surface area contributed by atoms with E-state index in [1.807, 2.05) is 0 Å². The summed E-state index contributed by atoms with van der Waals surface area (Å²) in [5.41, 5.74) is 0.0755. The van der Waals surface area contributed by atoms with Crippen molar-refractivity contribution in [2.24, 2.45) is 5.92 Å². The molecule has 2 unspecified atom stereocenters. The normalized spacial score (nSPS) is 23.0. The van der Waals surface area contributed by atoms with Gasteiger partial charge in [0.15, 0.2) is 5.69 Å². The second-order valence-electron chi connectivity index (χ2n) is 4.73. The average Bonchev–Trinajstić information content (AvgIpc) is 2.72. The molecule has 0 aromatic carbocycles. The van der Waals surface area contributed by atoms with Crippen LogP contribution in [0.1, 0.15) is 42.5 Å². The molecule has 4 nitrogen and oxygen atoms in total. The number of carbonyl (C=O) groups excluding carboxylic acids is 1. The molecule has 0 N–H and O–H groups in total. The molecule has 0 amide bonds. The van der Waals surface area contributed by atoms with Crippen molar-refractivity contribution in [2.75, 3.05) is 6.61 Å². The minimum absolute atomic E-state index is 0.00276. The van der Waals surface area contributed by atoms with Gasteiger partial charge in [-0.1, -0.05) is 6.92 Å². The number of imidazole rings is 1. The Kier molecular flexibility index (Phi) is 3.56. The van der Waals surface area contributed by atoms with Crippen LogP contribution in [0.5, 0.6) is 0 Å². The van der Waals surface area contributed by atoms with Crippen LogP contribution in [0, 0.1) is 5.92 Å². The van der Waals surface area contributed by atoms with Gasteiger partial charge in [0.25, 0.3) is 0 Å². The zero-order chi connectivity index (χ0) is 14.2. The number of ether oxygens (including phenoxy) is 1. The van der Waals surface area contributed by atoms with E-state index in [4.69, 9.17) is 4.74 Å². The van der Waals surface area contributed by atoms with Crippen LogP contribution in [0.3, 0.4) is 0 Å². The number of alkyl halides is 3. The Hall–Kier alpha value is -1.53. The highest BCUT2D eigenvalue weighted by atomic mass is 19.4. The lowest BCUT2D eigenvalue weighted by Crippen LogP contribution is -2.33. The van der Waals surface area contributed by atoms with Gasteiger partial charge in [-0.3, -0.25) is 0 Å². The fourth-order valence-electron chi connectivity index (χ4n) is 2.35. The van der Waals surface area contributed by atoms with Gasteiger partial charge in [-0.15, -0.1) is 0 Å². The van der Waals surface area contributed by atoms with Gasteiger partial charge in [0.05, 0.1) is 12.5 Å². The van der Waals surface area contributed by atoms with Crippen molar-refractivity contribution in [1.29, 1.82) is 0 Å². The molecule has 1 aliphatic rings. The van der Waals surface area contributed by atoms with Crippen molar-refractivity contribution in [2.45, 2.75) is 38.9 Å². The maximum atomic E-state index is 12.8. The standard InChI is InChI=1S/C12H15F3N2O2/c1-3-19-11(18)9-6-17-5-8(12(13,14)15)4-7(2)10(17)16-9/h6-8H,3-5H2,1-2H3. The Morgan fingerprint density at radius 2 is 2.26 bits per heavy atom. The SMILES string of the molecule is CCOC(=O)c1cn2c(n1)C(C)CC(C(F)(F)F)C2. The minimum Gasteiger partial charge on any atom is -0.461 e. The number of rotatable bonds is 2. The quantitative estimate of drug-likeness (QED) is 0.780. The summed E-state index contributed by atoms with van der Waals surface area (Å²) in [6.07, 6.45) is -2.87. The van der Waals surface area contributed by atoms with Crippen LogP contribution in [0.15, 0.2) is 6.20 Å². The molecule has 2 heterocycles. The van der Waals surface area contributed by atoms with Gasteiger partial charge in [-0.05, 0) is 13.3 Å². The first kappa shape index (κ1) is 13.9. The number of esters is 1. The average molecular weight is 276 g/mol. The molecule has 0 bridgehead atoms. The number of halogens is 3. The molecule has 1 aliphatic heterocycles. The van der Waals surface area contributed by atoms with Crippen LogP contribution in [0.4, 0.5) is 13.2 Å². The summed E-state index contributed by atoms with van der Waals surface area (Å²) in [5, 5.41) is 0. The maximum Gasteiger partial charge on any atom is 0.393 e. The Morgan fingerprint density at radius 3 is 2.84 bits per heavy atom. The third-order valence-corrected chi connectivity index (χ3v) is 3.25. The molecule has 0 saturated heterocycles. The maximum absolute atomic E-state index is 12.8. The van der Waals surface area contributed by atoms with E-state index in [-0.39, 0.29) is 31.2 Å². The fourth-order valence-corrected chi connectivity index (χ4v) is 2.35. The molecule has 1 aromatic rings. The van der Waals surface area contributed by atoms with Crippen LogP contribution in [-0.2, 0) is 11.3 Å². The lowest BCUT2D eigenvalue weighted by Gasteiger charge is -2.29. The molecular weight excluding hydrogens is 261 g/mol. The van der Waals surface area contributed by atoms with Crippen molar-refractivity contribution in [3.63, 3.8) is 0 Å². The van der Waals surface area contributed by atoms with E-state index in [0.717, 1.165) is 0 Å². The third kappa shape index (κ3) is 2.74. The van der Waals surface area contributed by atoms with Crippen molar-refractivity contribution < 1.29 is 22.7 Å². The molecule has 19 heavy (non-hydrogen) atoms. The highest BCUT2D eigenvalue weighted by Crippen LogP contribution is 2.39. The zero-order valence-corrected chi connectivity index (χ0v) is 10.7. The van der Waals surface area contributed by atoms with Gasteiger partial charge in [0.1, 0.15) is 5.82 Å². The molecule has 7 heteroatoms. The topological polar surface area (TPSA) is 44.1 Å². The van der Waals surface area contributed by atoms with E-state index >= 15 is 0 Å². The summed E-state index contributed by atoms with van der Waals surface area (Å²) in [5.74, 6) is -1.80. The smallest absolute Gasteiger partial charge is 0.393 e. The number of carbonyl (C=O) groups is 1. The number of fused-ring (bicyclic) bond motifs is 1. The Balaban J connectivity index is 2.26. The molecule has 2 rings (SSSR count). The van der Waals surface area contributed by atoms with E-state index in [0.29, 0.717) is 5.82 Å². The van der Waals surface area contributed by atoms with E-state index in [9.17, 15) is 18.0 Å². The largest absolute Gasteiger partial charge is 0.461 e. The first-order valence-electron chi connectivity index (χ1n) is 6.13. The minimum atomic E-state index is -4.22. The lowest BCUT2D eigenvalue weighted by atomic mass is 9.91. The number of nitrogens with zero attached hydrogens (tertiary/aromatic N) is 2. The van der Waals surface area contributed by atoms with Gasteiger partial charge in [-0.25, -0.2) is 9.78 Å². The van der Waals surface area contributed by atoms with Gasteiger partial charge in [0, 0.05) is 18.7 Å². The highest BCUT2D eigenvalue weighted by Gasteiger charge is 2.43. The van der Waals surface area contributed by atoms with E-state index < -0.39 is 18.1 Å². The van der Waals surface area contributed by atoms with Crippen molar-refractivity contribution >= 4 is 5.97 Å². The second-order valence-corrected chi connectivity index (χ2v) is 4.73. The summed E-state index contributed by atoms with van der Waals surface area (Å²) >= 11 is 0. The van der Waals surface area contributed by atoms with Gasteiger partial charge < -0.3 is 9.30 Å². The monoisotopic (exact) mass is 276 g/mol. The predicted octanol–water partition coefficient (Wildman–Crippen LogP) is 2.75. The molecule has 1 aromatic heterocycles. The first-order valence-corrected chi connectivity index (χ1v) is 6.13. The molecule has 0 saturated carbocycles. The van der Waals surface area contributed by atoms with Crippen LogP contribution in [-0.4, -0.2) is 28.3 Å². The van der Waals surface area contributed by atoms with Crippen molar-refractivity contribution in [3.8, 4) is 0 Å². The summed E-state index contributed by atoms with van der Waals surface area (Å²) < 4.78 is 44.5. The molecule has 2 atom stereocenters. The number of aromatic nitrogens is 2. The Labute approximate surface area is 108 Å².